The van der Waals surface area contributed by atoms with Crippen LogP contribution < -0.4 is 5.32 Å². The lowest BCUT2D eigenvalue weighted by Gasteiger charge is -2.04. The maximum Gasteiger partial charge on any atom is 0.295 e. The number of carbonyl (C=O) groups is 1. The first kappa shape index (κ1) is 15.2. The minimum absolute atomic E-state index is 0.0171. The van der Waals surface area contributed by atoms with Gasteiger partial charge in [-0.05, 0) is 18.2 Å². The van der Waals surface area contributed by atoms with E-state index in [1.54, 1.807) is 12.1 Å². The third kappa shape index (κ3) is 3.66. The first-order valence-electron chi connectivity index (χ1n) is 6.31. The molecule has 0 radical (unpaired) electrons. The van der Waals surface area contributed by atoms with Gasteiger partial charge in [-0.2, -0.15) is 0 Å². The average Bonchev–Trinajstić information content (AvgIpc) is 2.88. The average molecular weight is 308 g/mol. The van der Waals surface area contributed by atoms with Gasteiger partial charge in [0.25, 0.3) is 5.91 Å². The molecule has 7 nitrogen and oxygen atoms in total. The van der Waals surface area contributed by atoms with Crippen molar-refractivity contribution in [2.24, 2.45) is 0 Å². The van der Waals surface area contributed by atoms with E-state index in [0.717, 1.165) is 6.26 Å². The van der Waals surface area contributed by atoms with Crippen LogP contribution in [0.1, 0.15) is 36.2 Å². The summed E-state index contributed by atoms with van der Waals surface area (Å²) in [7, 11) is -3.32. The number of nitrogens with one attached hydrogen (secondary N) is 2. The minimum atomic E-state index is -3.32. The highest BCUT2D eigenvalue weighted by molar-refractivity contribution is 7.90. The van der Waals surface area contributed by atoms with E-state index in [-0.39, 0.29) is 16.6 Å². The maximum absolute atomic E-state index is 12.0. The molecule has 0 bridgehead atoms. The molecule has 0 fully saturated rings. The molecule has 112 valence electrons. The Kier molecular flexibility index (Phi) is 4.08. The van der Waals surface area contributed by atoms with E-state index in [0.29, 0.717) is 11.5 Å². The molecule has 0 spiro atoms. The predicted molar refractivity (Wildman–Crippen MR) is 78.0 cm³/mol. The van der Waals surface area contributed by atoms with Gasteiger partial charge in [0.15, 0.2) is 9.84 Å². The van der Waals surface area contributed by atoms with E-state index in [9.17, 15) is 13.2 Å². The van der Waals surface area contributed by atoms with Crippen LogP contribution in [0.2, 0.25) is 0 Å². The lowest BCUT2D eigenvalue weighted by Crippen LogP contribution is -2.14. The van der Waals surface area contributed by atoms with Gasteiger partial charge in [0.1, 0.15) is 5.82 Å². The lowest BCUT2D eigenvalue weighted by molar-refractivity contribution is 0.101. The van der Waals surface area contributed by atoms with Crippen molar-refractivity contribution in [3.8, 4) is 0 Å². The molecule has 1 aromatic carbocycles. The smallest absolute Gasteiger partial charge is 0.295 e. The third-order valence-electron chi connectivity index (χ3n) is 2.77. The standard InChI is InChI=1S/C13H16N4O3S/c1-8(2)11-15-12(17-16-11)13(18)14-9-5-4-6-10(7-9)21(3,19)20/h4-8H,1-3H3,(H,14,18)(H,15,16,17). The summed E-state index contributed by atoms with van der Waals surface area (Å²) in [6.07, 6.45) is 1.11. The van der Waals surface area contributed by atoms with Crippen molar-refractivity contribution in [1.29, 1.82) is 0 Å². The van der Waals surface area contributed by atoms with Crippen molar-refractivity contribution in [2.45, 2.75) is 24.7 Å². The molecule has 0 aliphatic carbocycles. The summed E-state index contributed by atoms with van der Waals surface area (Å²) in [4.78, 5) is 16.2. The quantitative estimate of drug-likeness (QED) is 0.892. The molecule has 2 aromatic rings. The second-order valence-electron chi connectivity index (χ2n) is 4.95. The molecular weight excluding hydrogens is 292 g/mol. The Morgan fingerprint density at radius 3 is 2.62 bits per heavy atom. The molecule has 21 heavy (non-hydrogen) atoms. The molecule has 0 saturated carbocycles. The second-order valence-corrected chi connectivity index (χ2v) is 6.97. The normalized spacial score (nSPS) is 11.6. The molecule has 0 saturated heterocycles. The Morgan fingerprint density at radius 1 is 1.33 bits per heavy atom. The van der Waals surface area contributed by atoms with Gasteiger partial charge in [-0.3, -0.25) is 9.89 Å². The molecule has 2 N–H and O–H groups in total. The number of aromatic amines is 1. The number of sulfone groups is 1. The maximum atomic E-state index is 12.0. The van der Waals surface area contributed by atoms with Crippen molar-refractivity contribution in [3.05, 3.63) is 35.9 Å². The number of rotatable bonds is 4. The van der Waals surface area contributed by atoms with E-state index in [1.807, 2.05) is 13.8 Å². The summed E-state index contributed by atoms with van der Waals surface area (Å²) in [6.45, 7) is 3.86. The van der Waals surface area contributed by atoms with E-state index in [4.69, 9.17) is 0 Å². The Morgan fingerprint density at radius 2 is 2.05 bits per heavy atom. The molecule has 0 atom stereocenters. The van der Waals surface area contributed by atoms with Gasteiger partial charge in [-0.15, -0.1) is 5.10 Å². The number of nitrogens with zero attached hydrogens (tertiary/aromatic N) is 2. The highest BCUT2D eigenvalue weighted by Gasteiger charge is 2.15. The molecule has 8 heteroatoms. The van der Waals surface area contributed by atoms with Gasteiger partial charge < -0.3 is 5.32 Å². The summed E-state index contributed by atoms with van der Waals surface area (Å²) < 4.78 is 23.0. The number of amides is 1. The number of aromatic nitrogens is 3. The molecule has 1 heterocycles. The van der Waals surface area contributed by atoms with Gasteiger partial charge in [0.2, 0.25) is 5.82 Å². The van der Waals surface area contributed by atoms with Crippen molar-refractivity contribution < 1.29 is 13.2 Å². The molecule has 1 amide bonds. The number of hydrogen-bond acceptors (Lipinski definition) is 5. The van der Waals surface area contributed by atoms with Crippen LogP contribution in [0.5, 0.6) is 0 Å². The first-order valence-corrected chi connectivity index (χ1v) is 8.20. The predicted octanol–water partition coefficient (Wildman–Crippen LogP) is 1.58. The van der Waals surface area contributed by atoms with Crippen molar-refractivity contribution >= 4 is 21.4 Å². The van der Waals surface area contributed by atoms with Crippen molar-refractivity contribution in [2.75, 3.05) is 11.6 Å². The fourth-order valence-corrected chi connectivity index (χ4v) is 2.29. The van der Waals surface area contributed by atoms with Crippen LogP contribution in [0.15, 0.2) is 29.2 Å². The van der Waals surface area contributed by atoms with Crippen molar-refractivity contribution in [1.82, 2.24) is 15.2 Å². The fourth-order valence-electron chi connectivity index (χ4n) is 1.63. The van der Waals surface area contributed by atoms with E-state index in [1.165, 1.54) is 12.1 Å². The highest BCUT2D eigenvalue weighted by atomic mass is 32.2. The summed E-state index contributed by atoms with van der Waals surface area (Å²) in [5.74, 6) is 0.268. The Bertz CT molecular complexity index is 765. The molecule has 1 aromatic heterocycles. The fraction of sp³-hybridized carbons (Fsp3) is 0.308. The monoisotopic (exact) mass is 308 g/mol. The molecule has 0 aliphatic rings. The van der Waals surface area contributed by atoms with Gasteiger partial charge in [0, 0.05) is 17.9 Å². The van der Waals surface area contributed by atoms with Crippen LogP contribution in [-0.4, -0.2) is 35.8 Å². The number of H-pyrrole nitrogens is 1. The third-order valence-corrected chi connectivity index (χ3v) is 3.88. The number of carbonyl (C=O) groups excluding carboxylic acids is 1. The van der Waals surface area contributed by atoms with E-state index >= 15 is 0 Å². The topological polar surface area (TPSA) is 105 Å². The highest BCUT2D eigenvalue weighted by Crippen LogP contribution is 2.16. The Hall–Kier alpha value is -2.22. The Labute approximate surface area is 122 Å². The number of hydrogen-bond donors (Lipinski definition) is 2. The van der Waals surface area contributed by atoms with Gasteiger partial charge in [-0.1, -0.05) is 19.9 Å². The van der Waals surface area contributed by atoms with Crippen LogP contribution in [0.25, 0.3) is 0 Å². The zero-order valence-corrected chi connectivity index (χ0v) is 12.7. The van der Waals surface area contributed by atoms with Crippen LogP contribution in [-0.2, 0) is 9.84 Å². The Balaban J connectivity index is 2.19. The zero-order chi connectivity index (χ0) is 15.6. The van der Waals surface area contributed by atoms with E-state index in [2.05, 4.69) is 20.5 Å². The summed E-state index contributed by atoms with van der Waals surface area (Å²) in [6, 6.07) is 6.02. The van der Waals surface area contributed by atoms with Gasteiger partial charge >= 0.3 is 0 Å². The second kappa shape index (κ2) is 5.65. The molecular formula is C13H16N4O3S. The summed E-state index contributed by atoms with van der Waals surface area (Å²) >= 11 is 0. The van der Waals surface area contributed by atoms with Crippen LogP contribution in [0, 0.1) is 0 Å². The van der Waals surface area contributed by atoms with Gasteiger partial charge in [0.05, 0.1) is 4.90 Å². The van der Waals surface area contributed by atoms with Crippen LogP contribution in [0.4, 0.5) is 5.69 Å². The SMILES string of the molecule is CC(C)c1nc(C(=O)Nc2cccc(S(C)(=O)=O)c2)n[nH]1. The molecule has 0 unspecified atom stereocenters. The minimum Gasteiger partial charge on any atom is -0.319 e. The van der Waals surface area contributed by atoms with Crippen LogP contribution in [0.3, 0.4) is 0 Å². The lowest BCUT2D eigenvalue weighted by atomic mass is 10.2. The summed E-state index contributed by atoms with van der Waals surface area (Å²) in [5, 5.41) is 9.10. The number of benzene rings is 1. The first-order chi connectivity index (χ1) is 9.77. The zero-order valence-electron chi connectivity index (χ0n) is 11.9. The van der Waals surface area contributed by atoms with Crippen LogP contribution >= 0.6 is 0 Å². The molecule has 2 rings (SSSR count). The molecule has 0 aliphatic heterocycles. The van der Waals surface area contributed by atoms with Gasteiger partial charge in [-0.25, -0.2) is 13.4 Å². The summed E-state index contributed by atoms with van der Waals surface area (Å²) in [5.41, 5.74) is 0.374. The largest absolute Gasteiger partial charge is 0.319 e. The van der Waals surface area contributed by atoms with Crippen molar-refractivity contribution in [3.63, 3.8) is 0 Å². The van der Waals surface area contributed by atoms with E-state index < -0.39 is 15.7 Å². The number of anilines is 1.